The number of amides is 1. The highest BCUT2D eigenvalue weighted by atomic mass is 16.2. The molecule has 22 heavy (non-hydrogen) atoms. The molecule has 0 aromatic heterocycles. The Kier molecular flexibility index (Phi) is 4.53. The largest absolute Gasteiger partial charge is 0.341 e. The molecule has 120 valence electrons. The number of rotatable bonds is 5. The normalized spacial score (nSPS) is 26.1. The molecule has 0 saturated carbocycles. The molecule has 1 atom stereocenters. The summed E-state index contributed by atoms with van der Waals surface area (Å²) in [5, 5.41) is 0. The van der Waals surface area contributed by atoms with Gasteiger partial charge in [-0.3, -0.25) is 9.69 Å². The summed E-state index contributed by atoms with van der Waals surface area (Å²) in [6.07, 6.45) is 5.44. The van der Waals surface area contributed by atoms with Crippen LogP contribution in [0.4, 0.5) is 0 Å². The van der Waals surface area contributed by atoms with Crippen molar-refractivity contribution in [3.8, 4) is 0 Å². The van der Waals surface area contributed by atoms with Crippen molar-refractivity contribution >= 4 is 5.91 Å². The summed E-state index contributed by atoms with van der Waals surface area (Å²) in [5.41, 5.74) is 3.00. The highest BCUT2D eigenvalue weighted by Crippen LogP contribution is 2.32. The number of likely N-dealkylation sites (tertiary alicyclic amines) is 2. The fraction of sp³-hybridized carbons (Fsp3) is 0.632. The fourth-order valence-electron chi connectivity index (χ4n) is 3.99. The molecule has 3 rings (SSSR count). The Labute approximate surface area is 134 Å². The third-order valence-corrected chi connectivity index (χ3v) is 5.42. The first-order chi connectivity index (χ1) is 10.6. The van der Waals surface area contributed by atoms with Crippen molar-refractivity contribution in [2.75, 3.05) is 26.2 Å². The predicted octanol–water partition coefficient (Wildman–Crippen LogP) is 3.01. The Bertz CT molecular complexity index is 525. The Morgan fingerprint density at radius 1 is 1.09 bits per heavy atom. The lowest BCUT2D eigenvalue weighted by molar-refractivity contribution is -0.128. The molecule has 1 unspecified atom stereocenters. The van der Waals surface area contributed by atoms with Crippen LogP contribution in [0.15, 0.2) is 24.3 Å². The monoisotopic (exact) mass is 300 g/mol. The minimum atomic E-state index is 0.248. The first-order valence-corrected chi connectivity index (χ1v) is 8.65. The molecule has 3 nitrogen and oxygen atoms in total. The first-order valence-electron chi connectivity index (χ1n) is 8.65. The average molecular weight is 300 g/mol. The van der Waals surface area contributed by atoms with Gasteiger partial charge in [-0.15, -0.1) is 0 Å². The van der Waals surface area contributed by atoms with Gasteiger partial charge in [0.1, 0.15) is 0 Å². The van der Waals surface area contributed by atoms with Gasteiger partial charge < -0.3 is 4.90 Å². The second-order valence-electron chi connectivity index (χ2n) is 7.23. The van der Waals surface area contributed by atoms with Crippen LogP contribution in [0.1, 0.15) is 43.7 Å². The van der Waals surface area contributed by atoms with Crippen LogP contribution in [0.25, 0.3) is 0 Å². The quantitative estimate of drug-likeness (QED) is 0.834. The molecule has 1 amide bonds. The van der Waals surface area contributed by atoms with Gasteiger partial charge >= 0.3 is 0 Å². The van der Waals surface area contributed by atoms with E-state index in [0.29, 0.717) is 5.91 Å². The zero-order valence-corrected chi connectivity index (χ0v) is 14.0. The maximum atomic E-state index is 11.8. The van der Waals surface area contributed by atoms with Gasteiger partial charge in [0.15, 0.2) is 0 Å². The highest BCUT2D eigenvalue weighted by molar-refractivity contribution is 5.78. The van der Waals surface area contributed by atoms with E-state index < -0.39 is 0 Å². The van der Waals surface area contributed by atoms with Crippen molar-refractivity contribution in [2.24, 2.45) is 0 Å². The van der Waals surface area contributed by atoms with Crippen LogP contribution >= 0.6 is 0 Å². The molecule has 3 heteroatoms. The summed E-state index contributed by atoms with van der Waals surface area (Å²) in [6, 6.07) is 8.95. The number of benzene rings is 1. The van der Waals surface area contributed by atoms with Crippen molar-refractivity contribution in [3.63, 3.8) is 0 Å². The smallest absolute Gasteiger partial charge is 0.222 e. The van der Waals surface area contributed by atoms with Gasteiger partial charge in [-0.1, -0.05) is 29.8 Å². The van der Waals surface area contributed by atoms with Gasteiger partial charge in [-0.2, -0.15) is 0 Å². The zero-order chi connectivity index (χ0) is 15.6. The van der Waals surface area contributed by atoms with Crippen LogP contribution < -0.4 is 0 Å². The number of nitrogens with zero attached hydrogens (tertiary/aromatic N) is 2. The summed E-state index contributed by atoms with van der Waals surface area (Å²) in [5.74, 6) is 0.347. The molecule has 2 fully saturated rings. The van der Waals surface area contributed by atoms with E-state index in [0.717, 1.165) is 38.9 Å². The Balaban J connectivity index is 1.61. The molecule has 0 spiro atoms. The van der Waals surface area contributed by atoms with Crippen LogP contribution in [-0.4, -0.2) is 47.4 Å². The average Bonchev–Trinajstić information content (AvgIpc) is 3.05. The lowest BCUT2D eigenvalue weighted by atomic mass is 9.90. The number of carbonyl (C=O) groups excluding carboxylic acids is 1. The molecular weight excluding hydrogens is 272 g/mol. The maximum Gasteiger partial charge on any atom is 0.222 e. The van der Waals surface area contributed by atoms with Gasteiger partial charge in [0.2, 0.25) is 5.91 Å². The molecule has 1 aromatic rings. The molecule has 2 aliphatic heterocycles. The lowest BCUT2D eigenvalue weighted by Gasteiger charge is -2.36. The van der Waals surface area contributed by atoms with Gasteiger partial charge in [0, 0.05) is 31.6 Å². The highest BCUT2D eigenvalue weighted by Gasteiger charge is 2.36. The molecular formula is C19H28N2O. The topological polar surface area (TPSA) is 23.6 Å². The van der Waals surface area contributed by atoms with E-state index in [-0.39, 0.29) is 5.54 Å². The molecule has 2 aliphatic rings. The summed E-state index contributed by atoms with van der Waals surface area (Å²) in [7, 11) is 0. The van der Waals surface area contributed by atoms with Gasteiger partial charge in [0.25, 0.3) is 0 Å². The Hall–Kier alpha value is -1.35. The number of aryl methyl sites for hydroxylation is 1. The number of hydrogen-bond donors (Lipinski definition) is 0. The fourth-order valence-corrected chi connectivity index (χ4v) is 3.99. The molecule has 0 aliphatic carbocycles. The van der Waals surface area contributed by atoms with E-state index in [1.165, 1.54) is 30.5 Å². The number of carbonyl (C=O) groups is 1. The van der Waals surface area contributed by atoms with E-state index >= 15 is 0 Å². The lowest BCUT2D eigenvalue weighted by Crippen LogP contribution is -2.46. The van der Waals surface area contributed by atoms with Crippen LogP contribution in [0.5, 0.6) is 0 Å². The van der Waals surface area contributed by atoms with E-state index in [2.05, 4.69) is 43.0 Å². The second kappa shape index (κ2) is 6.41. The van der Waals surface area contributed by atoms with Crippen LogP contribution in [0, 0.1) is 6.92 Å². The summed E-state index contributed by atoms with van der Waals surface area (Å²) >= 11 is 0. The van der Waals surface area contributed by atoms with E-state index in [4.69, 9.17) is 0 Å². The summed E-state index contributed by atoms with van der Waals surface area (Å²) in [6.45, 7) is 8.59. The molecule has 0 bridgehead atoms. The zero-order valence-electron chi connectivity index (χ0n) is 14.0. The minimum absolute atomic E-state index is 0.248. The number of hydrogen-bond acceptors (Lipinski definition) is 2. The van der Waals surface area contributed by atoms with Gasteiger partial charge in [0.05, 0.1) is 0 Å². The second-order valence-corrected chi connectivity index (χ2v) is 7.23. The van der Waals surface area contributed by atoms with Crippen molar-refractivity contribution < 1.29 is 4.79 Å². The van der Waals surface area contributed by atoms with Crippen LogP contribution in [-0.2, 0) is 11.2 Å². The standard InChI is InChI=1S/C19H28N2O/c1-16-6-8-17(9-7-16)15-19(2)10-4-12-21(19)14-13-20-11-3-5-18(20)22/h6-9H,3-5,10-15H2,1-2H3. The Morgan fingerprint density at radius 2 is 1.86 bits per heavy atom. The maximum absolute atomic E-state index is 11.8. The predicted molar refractivity (Wildman–Crippen MR) is 89.9 cm³/mol. The Morgan fingerprint density at radius 3 is 2.55 bits per heavy atom. The van der Waals surface area contributed by atoms with E-state index in [1.54, 1.807) is 0 Å². The molecule has 2 heterocycles. The van der Waals surface area contributed by atoms with Crippen molar-refractivity contribution in [3.05, 3.63) is 35.4 Å². The summed E-state index contributed by atoms with van der Waals surface area (Å²) < 4.78 is 0. The summed E-state index contributed by atoms with van der Waals surface area (Å²) in [4.78, 5) is 16.4. The third kappa shape index (κ3) is 3.35. The van der Waals surface area contributed by atoms with Gasteiger partial charge in [-0.25, -0.2) is 0 Å². The van der Waals surface area contributed by atoms with Crippen molar-refractivity contribution in [1.82, 2.24) is 9.80 Å². The minimum Gasteiger partial charge on any atom is -0.341 e. The molecule has 0 radical (unpaired) electrons. The van der Waals surface area contributed by atoms with E-state index in [9.17, 15) is 4.79 Å². The van der Waals surface area contributed by atoms with E-state index in [1.807, 2.05) is 4.90 Å². The van der Waals surface area contributed by atoms with Gasteiger partial charge in [-0.05, 0) is 51.6 Å². The van der Waals surface area contributed by atoms with Crippen LogP contribution in [0.2, 0.25) is 0 Å². The molecule has 0 N–H and O–H groups in total. The SMILES string of the molecule is Cc1ccc(CC2(C)CCCN2CCN2CCCC2=O)cc1. The first kappa shape index (κ1) is 15.5. The van der Waals surface area contributed by atoms with Crippen molar-refractivity contribution in [1.29, 1.82) is 0 Å². The molecule has 2 saturated heterocycles. The van der Waals surface area contributed by atoms with Crippen LogP contribution in [0.3, 0.4) is 0 Å². The third-order valence-electron chi connectivity index (χ3n) is 5.42. The van der Waals surface area contributed by atoms with Crippen molar-refractivity contribution in [2.45, 2.75) is 51.5 Å². The molecule has 1 aromatic carbocycles.